The van der Waals surface area contributed by atoms with Crippen molar-refractivity contribution in [2.45, 2.75) is 19.8 Å². The summed E-state index contributed by atoms with van der Waals surface area (Å²) in [5, 5.41) is 2.69. The molecule has 24 heavy (non-hydrogen) atoms. The molecule has 1 aromatic rings. The van der Waals surface area contributed by atoms with Crippen LogP contribution < -0.4 is 5.32 Å². The van der Waals surface area contributed by atoms with E-state index < -0.39 is 0 Å². The normalized spacial score (nSPS) is 10.4. The van der Waals surface area contributed by atoms with E-state index >= 15 is 0 Å². The summed E-state index contributed by atoms with van der Waals surface area (Å²) in [4.78, 5) is 36.1. The number of hydrogen-bond acceptors (Lipinski definition) is 4. The maximum absolute atomic E-state index is 12.3. The van der Waals surface area contributed by atoms with Gasteiger partial charge in [0, 0.05) is 32.6 Å². The second-order valence-electron chi connectivity index (χ2n) is 5.23. The van der Waals surface area contributed by atoms with Crippen molar-refractivity contribution in [3.63, 3.8) is 0 Å². The predicted octanol–water partition coefficient (Wildman–Crippen LogP) is 1.62. The zero-order chi connectivity index (χ0) is 17.8. The van der Waals surface area contributed by atoms with E-state index in [9.17, 15) is 14.4 Å². The number of esters is 1. The minimum Gasteiger partial charge on any atom is -0.469 e. The number of nitrogens with one attached hydrogen (secondary N) is 1. The molecule has 0 bridgehead atoms. The highest BCUT2D eigenvalue weighted by Gasteiger charge is 2.12. The molecule has 0 saturated heterocycles. The van der Waals surface area contributed by atoms with Crippen LogP contribution in [-0.2, 0) is 19.1 Å². The number of methoxy groups -OCH3 is 1. The molecule has 0 fully saturated rings. The molecule has 6 nitrogen and oxygen atoms in total. The highest BCUT2D eigenvalue weighted by molar-refractivity contribution is 5.92. The van der Waals surface area contributed by atoms with Crippen LogP contribution in [0.3, 0.4) is 0 Å². The Balaban J connectivity index is 2.60. The third-order valence-electron chi connectivity index (χ3n) is 3.32. The molecule has 1 N–H and O–H groups in total. The van der Waals surface area contributed by atoms with Gasteiger partial charge in [0.1, 0.15) is 0 Å². The van der Waals surface area contributed by atoms with Crippen molar-refractivity contribution >= 4 is 23.9 Å². The number of rotatable bonds is 9. The van der Waals surface area contributed by atoms with Crippen molar-refractivity contribution in [2.24, 2.45) is 0 Å². The summed E-state index contributed by atoms with van der Waals surface area (Å²) in [6, 6.07) is 9.50. The molecular weight excluding hydrogens is 308 g/mol. The Morgan fingerprint density at radius 2 is 1.88 bits per heavy atom. The number of nitrogens with zero attached hydrogens (tertiary/aromatic N) is 1. The van der Waals surface area contributed by atoms with Gasteiger partial charge in [-0.3, -0.25) is 14.4 Å². The molecule has 1 rings (SSSR count). The Morgan fingerprint density at radius 1 is 1.17 bits per heavy atom. The van der Waals surface area contributed by atoms with E-state index in [1.165, 1.54) is 20.1 Å². The first-order chi connectivity index (χ1) is 11.5. The Hall–Kier alpha value is -2.63. The van der Waals surface area contributed by atoms with Gasteiger partial charge in [-0.1, -0.05) is 30.3 Å². The molecule has 0 spiro atoms. The van der Waals surface area contributed by atoms with E-state index in [1.54, 1.807) is 11.0 Å². The predicted molar refractivity (Wildman–Crippen MR) is 92.0 cm³/mol. The zero-order valence-electron chi connectivity index (χ0n) is 14.2. The molecular formula is C18H24N2O4. The van der Waals surface area contributed by atoms with Crippen LogP contribution in [0.5, 0.6) is 0 Å². The first-order valence-electron chi connectivity index (χ1n) is 7.86. The summed E-state index contributed by atoms with van der Waals surface area (Å²) < 4.78 is 4.61. The second-order valence-corrected chi connectivity index (χ2v) is 5.23. The fourth-order valence-electron chi connectivity index (χ4n) is 2.03. The van der Waals surface area contributed by atoms with Crippen LogP contribution in [0, 0.1) is 0 Å². The first-order valence-corrected chi connectivity index (χ1v) is 7.86. The average Bonchev–Trinajstić information content (AvgIpc) is 2.59. The lowest BCUT2D eigenvalue weighted by atomic mass is 10.2. The van der Waals surface area contributed by atoms with Crippen molar-refractivity contribution in [3.05, 3.63) is 42.0 Å². The average molecular weight is 332 g/mol. The van der Waals surface area contributed by atoms with Crippen LogP contribution in [0.4, 0.5) is 0 Å². The molecule has 0 unspecified atom stereocenters. The Morgan fingerprint density at radius 3 is 2.50 bits per heavy atom. The highest BCUT2D eigenvalue weighted by atomic mass is 16.5. The summed E-state index contributed by atoms with van der Waals surface area (Å²) in [6.07, 6.45) is 3.99. The van der Waals surface area contributed by atoms with Crippen LogP contribution in [0.2, 0.25) is 0 Å². The Kier molecular flexibility index (Phi) is 8.89. The van der Waals surface area contributed by atoms with Crippen LogP contribution >= 0.6 is 0 Å². The lowest BCUT2D eigenvalue weighted by Gasteiger charge is -2.20. The number of amides is 2. The van der Waals surface area contributed by atoms with Crippen LogP contribution in [0.1, 0.15) is 25.3 Å². The van der Waals surface area contributed by atoms with Gasteiger partial charge in [-0.2, -0.15) is 0 Å². The fourth-order valence-corrected chi connectivity index (χ4v) is 2.03. The van der Waals surface area contributed by atoms with E-state index in [2.05, 4.69) is 10.1 Å². The molecule has 6 heteroatoms. The number of carbonyl (C=O) groups is 3. The van der Waals surface area contributed by atoms with Crippen molar-refractivity contribution in [3.8, 4) is 0 Å². The molecule has 0 radical (unpaired) electrons. The van der Waals surface area contributed by atoms with Crippen molar-refractivity contribution < 1.29 is 19.1 Å². The minimum atomic E-state index is -0.360. The van der Waals surface area contributed by atoms with Crippen LogP contribution in [-0.4, -0.2) is 49.4 Å². The summed E-state index contributed by atoms with van der Waals surface area (Å²) in [7, 11) is 1.32. The van der Waals surface area contributed by atoms with Gasteiger partial charge in [0.25, 0.3) is 0 Å². The van der Waals surface area contributed by atoms with Gasteiger partial charge in [0.05, 0.1) is 13.5 Å². The maximum atomic E-state index is 12.3. The molecule has 130 valence electrons. The summed E-state index contributed by atoms with van der Waals surface area (Å²) in [5.41, 5.74) is 0.928. The molecule has 0 saturated carbocycles. The van der Waals surface area contributed by atoms with E-state index in [1.807, 2.05) is 30.3 Å². The molecule has 0 atom stereocenters. The van der Waals surface area contributed by atoms with Gasteiger partial charge in [-0.15, -0.1) is 0 Å². The quantitative estimate of drug-likeness (QED) is 0.423. The van der Waals surface area contributed by atoms with Crippen LogP contribution in [0.15, 0.2) is 36.4 Å². The smallest absolute Gasteiger partial charge is 0.307 e. The summed E-state index contributed by atoms with van der Waals surface area (Å²) in [5.74, 6) is -0.640. The molecule has 0 aliphatic carbocycles. The zero-order valence-corrected chi connectivity index (χ0v) is 14.2. The first kappa shape index (κ1) is 19.4. The number of carbonyl (C=O) groups excluding carboxylic acids is 3. The van der Waals surface area contributed by atoms with E-state index in [4.69, 9.17) is 0 Å². The number of ether oxygens (including phenoxy) is 1. The molecule has 0 aliphatic rings. The van der Waals surface area contributed by atoms with Gasteiger partial charge in [0.15, 0.2) is 0 Å². The summed E-state index contributed by atoms with van der Waals surface area (Å²) >= 11 is 0. The lowest BCUT2D eigenvalue weighted by Crippen LogP contribution is -2.34. The maximum Gasteiger partial charge on any atom is 0.307 e. The third-order valence-corrected chi connectivity index (χ3v) is 3.32. The van der Waals surface area contributed by atoms with Crippen molar-refractivity contribution in [1.29, 1.82) is 0 Å². The van der Waals surface area contributed by atoms with Gasteiger partial charge in [-0.05, 0) is 18.1 Å². The van der Waals surface area contributed by atoms with E-state index in [-0.39, 0.29) is 30.7 Å². The van der Waals surface area contributed by atoms with Gasteiger partial charge in [0.2, 0.25) is 11.8 Å². The second kappa shape index (κ2) is 11.0. The highest BCUT2D eigenvalue weighted by Crippen LogP contribution is 2.04. The monoisotopic (exact) mass is 332 g/mol. The van der Waals surface area contributed by atoms with Crippen molar-refractivity contribution in [2.75, 3.05) is 26.7 Å². The lowest BCUT2D eigenvalue weighted by molar-refractivity contribution is -0.141. The fraction of sp³-hybridized carbons (Fsp3) is 0.389. The van der Waals surface area contributed by atoms with E-state index in [0.29, 0.717) is 19.5 Å². The minimum absolute atomic E-state index is 0.105. The number of benzene rings is 1. The molecule has 1 aromatic carbocycles. The van der Waals surface area contributed by atoms with Gasteiger partial charge in [-0.25, -0.2) is 0 Å². The van der Waals surface area contributed by atoms with Crippen molar-refractivity contribution in [1.82, 2.24) is 10.2 Å². The van der Waals surface area contributed by atoms with E-state index in [0.717, 1.165) is 5.56 Å². The summed E-state index contributed by atoms with van der Waals surface area (Å²) in [6.45, 7) is 2.67. The Bertz CT molecular complexity index is 570. The SMILES string of the molecule is COC(=O)CCN(CCCNC(C)=O)C(=O)/C=C/c1ccccc1. The van der Waals surface area contributed by atoms with Crippen LogP contribution in [0.25, 0.3) is 6.08 Å². The van der Waals surface area contributed by atoms with Gasteiger partial charge < -0.3 is 15.0 Å². The molecule has 0 heterocycles. The standard InChI is InChI=1S/C18H24N2O4/c1-15(21)19-12-6-13-20(14-11-18(23)24-2)17(22)10-9-16-7-4-3-5-8-16/h3-5,7-10H,6,11-14H2,1-2H3,(H,19,21)/b10-9+. The Labute approximate surface area is 142 Å². The number of hydrogen-bond donors (Lipinski definition) is 1. The molecule has 2 amide bonds. The molecule has 0 aromatic heterocycles. The molecule has 0 aliphatic heterocycles. The van der Waals surface area contributed by atoms with Gasteiger partial charge >= 0.3 is 5.97 Å². The largest absolute Gasteiger partial charge is 0.469 e. The topological polar surface area (TPSA) is 75.7 Å². The third kappa shape index (κ3) is 8.12.